The SMILES string of the molecule is CC(C)N1C(=O)c2ccccc2N2C(=O)CC[C@]21C(=O)OCc1cccc(F)c1F. The lowest BCUT2D eigenvalue weighted by atomic mass is 9.95. The second kappa shape index (κ2) is 7.19. The summed E-state index contributed by atoms with van der Waals surface area (Å²) in [5.41, 5.74) is -1.13. The van der Waals surface area contributed by atoms with Crippen LogP contribution < -0.4 is 4.90 Å². The molecular weight excluding hydrogens is 394 g/mol. The van der Waals surface area contributed by atoms with Crippen LogP contribution in [-0.2, 0) is 20.9 Å². The van der Waals surface area contributed by atoms with Crippen molar-refractivity contribution in [3.05, 3.63) is 65.2 Å². The second-order valence-electron chi connectivity index (χ2n) is 7.62. The number of benzene rings is 2. The quantitative estimate of drug-likeness (QED) is 0.720. The van der Waals surface area contributed by atoms with Crippen LogP contribution in [-0.4, -0.2) is 34.4 Å². The number of amides is 2. The normalized spacial score (nSPS) is 20.4. The molecule has 1 atom stereocenters. The molecule has 4 rings (SSSR count). The maximum absolute atomic E-state index is 14.0. The van der Waals surface area contributed by atoms with E-state index in [-0.39, 0.29) is 30.2 Å². The number of fused-ring (bicyclic) bond motifs is 3. The van der Waals surface area contributed by atoms with E-state index in [0.717, 1.165) is 6.07 Å². The molecule has 156 valence electrons. The molecule has 1 fully saturated rings. The first-order valence-electron chi connectivity index (χ1n) is 9.65. The fourth-order valence-corrected chi connectivity index (χ4v) is 4.29. The molecule has 2 amide bonds. The van der Waals surface area contributed by atoms with Gasteiger partial charge in [-0.05, 0) is 32.0 Å². The predicted octanol–water partition coefficient (Wildman–Crippen LogP) is 3.40. The van der Waals surface area contributed by atoms with Gasteiger partial charge < -0.3 is 9.64 Å². The van der Waals surface area contributed by atoms with E-state index in [2.05, 4.69) is 0 Å². The average Bonchev–Trinajstić information content (AvgIpc) is 3.07. The molecule has 2 aromatic carbocycles. The van der Waals surface area contributed by atoms with Gasteiger partial charge in [0.05, 0.1) is 11.3 Å². The maximum atomic E-state index is 14.0. The summed E-state index contributed by atoms with van der Waals surface area (Å²) in [5, 5.41) is 0. The number of carbonyl (C=O) groups excluding carboxylic acids is 3. The number of halogens is 2. The van der Waals surface area contributed by atoms with E-state index in [0.29, 0.717) is 11.3 Å². The van der Waals surface area contributed by atoms with E-state index in [1.165, 1.54) is 21.9 Å². The van der Waals surface area contributed by atoms with Gasteiger partial charge in [-0.2, -0.15) is 0 Å². The Morgan fingerprint density at radius 2 is 1.87 bits per heavy atom. The maximum Gasteiger partial charge on any atom is 0.354 e. The Balaban J connectivity index is 1.76. The van der Waals surface area contributed by atoms with Gasteiger partial charge in [0.1, 0.15) is 6.61 Å². The third-order valence-electron chi connectivity index (χ3n) is 5.53. The van der Waals surface area contributed by atoms with Gasteiger partial charge >= 0.3 is 5.97 Å². The highest BCUT2D eigenvalue weighted by Gasteiger charge is 2.62. The van der Waals surface area contributed by atoms with Gasteiger partial charge in [0.2, 0.25) is 11.6 Å². The summed E-state index contributed by atoms with van der Waals surface area (Å²) in [6.07, 6.45) is 0.100. The number of anilines is 1. The number of esters is 1. The molecule has 0 spiro atoms. The average molecular weight is 414 g/mol. The van der Waals surface area contributed by atoms with Gasteiger partial charge in [-0.3, -0.25) is 14.5 Å². The van der Waals surface area contributed by atoms with Crippen LogP contribution in [0.2, 0.25) is 0 Å². The number of ether oxygens (including phenoxy) is 1. The third kappa shape index (κ3) is 2.78. The molecule has 2 aromatic rings. The monoisotopic (exact) mass is 414 g/mol. The molecule has 1 saturated heterocycles. The summed E-state index contributed by atoms with van der Waals surface area (Å²) < 4.78 is 32.8. The summed E-state index contributed by atoms with van der Waals surface area (Å²) >= 11 is 0. The Morgan fingerprint density at radius 3 is 2.60 bits per heavy atom. The Bertz CT molecular complexity index is 1060. The molecule has 2 heterocycles. The van der Waals surface area contributed by atoms with Crippen molar-refractivity contribution in [2.45, 2.75) is 45.0 Å². The highest BCUT2D eigenvalue weighted by atomic mass is 19.2. The molecule has 2 aliphatic rings. The molecule has 0 radical (unpaired) electrons. The highest BCUT2D eigenvalue weighted by molar-refractivity contribution is 6.15. The van der Waals surface area contributed by atoms with Crippen molar-refractivity contribution in [3.8, 4) is 0 Å². The van der Waals surface area contributed by atoms with Gasteiger partial charge in [0.15, 0.2) is 11.6 Å². The predicted molar refractivity (Wildman–Crippen MR) is 103 cm³/mol. The smallest absolute Gasteiger partial charge is 0.354 e. The summed E-state index contributed by atoms with van der Waals surface area (Å²) in [5.74, 6) is -3.71. The van der Waals surface area contributed by atoms with E-state index < -0.39 is 35.9 Å². The first kappa shape index (κ1) is 20.0. The second-order valence-corrected chi connectivity index (χ2v) is 7.62. The lowest BCUT2D eigenvalue weighted by Crippen LogP contribution is -2.70. The minimum Gasteiger partial charge on any atom is -0.458 e. The van der Waals surface area contributed by atoms with Crippen molar-refractivity contribution < 1.29 is 27.9 Å². The number of para-hydroxylation sites is 1. The van der Waals surface area contributed by atoms with Crippen LogP contribution in [0.1, 0.15) is 42.6 Å². The largest absolute Gasteiger partial charge is 0.458 e. The standard InChI is InChI=1S/C22H20F2N2O4/c1-13(2)25-20(28)15-7-3-4-9-17(15)26-18(27)10-11-22(25,26)21(29)30-12-14-6-5-8-16(23)19(14)24/h3-9,13H,10-12H2,1-2H3/t22-/m1/s1. The fourth-order valence-electron chi connectivity index (χ4n) is 4.29. The van der Waals surface area contributed by atoms with E-state index >= 15 is 0 Å². The van der Waals surface area contributed by atoms with Gasteiger partial charge in [0.25, 0.3) is 5.91 Å². The van der Waals surface area contributed by atoms with Gasteiger partial charge in [-0.1, -0.05) is 24.3 Å². The molecule has 2 aliphatic heterocycles. The van der Waals surface area contributed by atoms with Crippen LogP contribution in [0.15, 0.2) is 42.5 Å². The summed E-state index contributed by atoms with van der Waals surface area (Å²) in [6.45, 7) is 2.97. The summed E-state index contributed by atoms with van der Waals surface area (Å²) in [4.78, 5) is 42.1. The molecule has 30 heavy (non-hydrogen) atoms. The van der Waals surface area contributed by atoms with Crippen molar-refractivity contribution in [1.82, 2.24) is 4.90 Å². The van der Waals surface area contributed by atoms with Crippen LogP contribution in [0.3, 0.4) is 0 Å². The molecular formula is C22H20F2N2O4. The number of hydrogen-bond acceptors (Lipinski definition) is 4. The van der Waals surface area contributed by atoms with E-state index in [1.54, 1.807) is 38.1 Å². The Morgan fingerprint density at radius 1 is 1.13 bits per heavy atom. The van der Waals surface area contributed by atoms with Crippen LogP contribution in [0, 0.1) is 11.6 Å². The first-order chi connectivity index (χ1) is 14.3. The first-order valence-corrected chi connectivity index (χ1v) is 9.65. The lowest BCUT2D eigenvalue weighted by Gasteiger charge is -2.50. The molecule has 8 heteroatoms. The van der Waals surface area contributed by atoms with Crippen molar-refractivity contribution in [1.29, 1.82) is 0 Å². The summed E-state index contributed by atoms with van der Waals surface area (Å²) in [7, 11) is 0. The van der Waals surface area contributed by atoms with E-state index in [9.17, 15) is 23.2 Å². The van der Waals surface area contributed by atoms with Crippen molar-refractivity contribution in [2.75, 3.05) is 4.90 Å². The molecule has 0 saturated carbocycles. The number of hydrogen-bond donors (Lipinski definition) is 0. The van der Waals surface area contributed by atoms with Crippen molar-refractivity contribution >= 4 is 23.5 Å². The zero-order valence-corrected chi connectivity index (χ0v) is 16.5. The topological polar surface area (TPSA) is 66.9 Å². The number of nitrogens with zero attached hydrogens (tertiary/aromatic N) is 2. The molecule has 6 nitrogen and oxygen atoms in total. The zero-order valence-electron chi connectivity index (χ0n) is 16.5. The van der Waals surface area contributed by atoms with Crippen LogP contribution >= 0.6 is 0 Å². The van der Waals surface area contributed by atoms with Crippen LogP contribution in [0.5, 0.6) is 0 Å². The zero-order chi connectivity index (χ0) is 21.6. The van der Waals surface area contributed by atoms with Gasteiger partial charge in [-0.25, -0.2) is 13.6 Å². The Kier molecular flexibility index (Phi) is 4.80. The van der Waals surface area contributed by atoms with Crippen LogP contribution in [0.25, 0.3) is 0 Å². The van der Waals surface area contributed by atoms with Crippen molar-refractivity contribution in [3.63, 3.8) is 0 Å². The Hall–Kier alpha value is -3.29. The summed E-state index contributed by atoms with van der Waals surface area (Å²) in [6, 6.07) is 9.76. The fraction of sp³-hybridized carbons (Fsp3) is 0.318. The van der Waals surface area contributed by atoms with Gasteiger partial charge in [-0.15, -0.1) is 0 Å². The molecule has 0 aromatic heterocycles. The van der Waals surface area contributed by atoms with Crippen LogP contribution in [0.4, 0.5) is 14.5 Å². The number of carbonyl (C=O) groups is 3. The minimum atomic E-state index is -1.67. The molecule has 0 bridgehead atoms. The lowest BCUT2D eigenvalue weighted by molar-refractivity contribution is -0.159. The third-order valence-corrected chi connectivity index (χ3v) is 5.53. The van der Waals surface area contributed by atoms with E-state index in [1.807, 2.05) is 0 Å². The van der Waals surface area contributed by atoms with Gasteiger partial charge in [0, 0.05) is 24.4 Å². The highest BCUT2D eigenvalue weighted by Crippen LogP contribution is 2.46. The molecule has 0 unspecified atom stereocenters. The van der Waals surface area contributed by atoms with E-state index in [4.69, 9.17) is 4.74 Å². The van der Waals surface area contributed by atoms with Crippen molar-refractivity contribution in [2.24, 2.45) is 0 Å². The minimum absolute atomic E-state index is 0.0499. The molecule has 0 aliphatic carbocycles. The number of rotatable bonds is 4. The molecule has 0 N–H and O–H groups in total. The Labute approximate surface area is 172 Å².